The molecule has 4 nitrogen and oxygen atoms in total. The van der Waals surface area contributed by atoms with E-state index in [1.807, 2.05) is 6.07 Å². The number of halogens is 4. The van der Waals surface area contributed by atoms with Gasteiger partial charge in [0.15, 0.2) is 0 Å². The summed E-state index contributed by atoms with van der Waals surface area (Å²) in [5, 5.41) is 4.84. The summed E-state index contributed by atoms with van der Waals surface area (Å²) in [5.74, 6) is 0.457. The zero-order valence-corrected chi connectivity index (χ0v) is 21.8. The Kier molecular flexibility index (Phi) is 11.5. The molecule has 0 aliphatic carbocycles. The maximum Gasteiger partial charge on any atom is 0.242 e. The van der Waals surface area contributed by atoms with Crippen molar-refractivity contribution >= 4 is 70.0 Å². The van der Waals surface area contributed by atoms with Gasteiger partial charge < -0.3 is 10.2 Å². The van der Waals surface area contributed by atoms with Gasteiger partial charge in [-0.25, -0.2) is 0 Å². The monoisotopic (exact) mass is 534 g/mol. The van der Waals surface area contributed by atoms with Gasteiger partial charge in [0.1, 0.15) is 6.04 Å². The van der Waals surface area contributed by atoms with Crippen LogP contribution in [0.1, 0.15) is 37.8 Å². The highest BCUT2D eigenvalue weighted by Gasteiger charge is 2.26. The number of benzene rings is 2. The zero-order chi connectivity index (χ0) is 23.7. The lowest BCUT2D eigenvalue weighted by Gasteiger charge is -2.29. The number of amides is 2. The molecule has 0 bridgehead atoms. The lowest BCUT2D eigenvalue weighted by molar-refractivity contribution is -0.138. The normalized spacial score (nSPS) is 11.8. The van der Waals surface area contributed by atoms with Crippen LogP contribution in [0.15, 0.2) is 36.4 Å². The second-order valence-electron chi connectivity index (χ2n) is 7.32. The first-order chi connectivity index (χ1) is 15.2. The zero-order valence-electron chi connectivity index (χ0n) is 18.0. The van der Waals surface area contributed by atoms with Crippen molar-refractivity contribution in [2.75, 3.05) is 12.3 Å². The van der Waals surface area contributed by atoms with E-state index in [9.17, 15) is 9.59 Å². The Labute approximate surface area is 213 Å². The lowest BCUT2D eigenvalue weighted by atomic mass is 10.1. The Morgan fingerprint density at radius 3 is 2.44 bits per heavy atom. The Morgan fingerprint density at radius 1 is 1.03 bits per heavy atom. The van der Waals surface area contributed by atoms with Gasteiger partial charge in [-0.15, -0.1) is 11.8 Å². The number of thioether (sulfide) groups is 1. The third-order valence-electron chi connectivity index (χ3n) is 4.83. The summed E-state index contributed by atoms with van der Waals surface area (Å²) in [7, 11) is 0. The van der Waals surface area contributed by atoms with Gasteiger partial charge in [-0.2, -0.15) is 0 Å². The SMILES string of the molecule is CCCCNC(=O)C(C)N(Cc1ccc(Cl)cc1Cl)C(=O)CSCc1ccc(Cl)c(Cl)c1. The molecule has 1 N–H and O–H groups in total. The van der Waals surface area contributed by atoms with Crippen LogP contribution in [0.2, 0.25) is 20.1 Å². The molecule has 2 amide bonds. The Morgan fingerprint density at radius 2 is 1.78 bits per heavy atom. The van der Waals surface area contributed by atoms with Crippen LogP contribution in [0.3, 0.4) is 0 Å². The van der Waals surface area contributed by atoms with Gasteiger partial charge in [-0.1, -0.05) is 71.9 Å². The van der Waals surface area contributed by atoms with Crippen molar-refractivity contribution in [2.24, 2.45) is 0 Å². The summed E-state index contributed by atoms with van der Waals surface area (Å²) < 4.78 is 0. The molecule has 32 heavy (non-hydrogen) atoms. The summed E-state index contributed by atoms with van der Waals surface area (Å²) in [5.41, 5.74) is 1.70. The number of unbranched alkanes of at least 4 members (excludes halogenated alkanes) is 1. The van der Waals surface area contributed by atoms with Crippen molar-refractivity contribution in [3.63, 3.8) is 0 Å². The van der Waals surface area contributed by atoms with E-state index in [0.717, 1.165) is 24.0 Å². The van der Waals surface area contributed by atoms with Gasteiger partial charge in [0.25, 0.3) is 0 Å². The molecule has 1 unspecified atom stereocenters. The Bertz CT molecular complexity index is 942. The molecule has 0 radical (unpaired) electrons. The van der Waals surface area contributed by atoms with Crippen molar-refractivity contribution in [1.82, 2.24) is 10.2 Å². The fourth-order valence-corrected chi connectivity index (χ4v) is 4.57. The number of nitrogens with zero attached hydrogens (tertiary/aromatic N) is 1. The van der Waals surface area contributed by atoms with Crippen LogP contribution in [0.4, 0.5) is 0 Å². The first-order valence-electron chi connectivity index (χ1n) is 10.3. The lowest BCUT2D eigenvalue weighted by Crippen LogP contribution is -2.48. The topological polar surface area (TPSA) is 49.4 Å². The maximum atomic E-state index is 13.1. The van der Waals surface area contributed by atoms with Gasteiger partial charge >= 0.3 is 0 Å². The average molecular weight is 536 g/mol. The first-order valence-corrected chi connectivity index (χ1v) is 12.9. The van der Waals surface area contributed by atoms with Gasteiger partial charge in [0.2, 0.25) is 11.8 Å². The molecule has 0 aliphatic rings. The smallest absolute Gasteiger partial charge is 0.242 e. The molecule has 9 heteroatoms. The van der Waals surface area contributed by atoms with Crippen molar-refractivity contribution in [3.8, 4) is 0 Å². The molecule has 0 fully saturated rings. The van der Waals surface area contributed by atoms with E-state index in [-0.39, 0.29) is 24.1 Å². The number of rotatable bonds is 11. The van der Waals surface area contributed by atoms with Crippen molar-refractivity contribution < 1.29 is 9.59 Å². The number of carbonyl (C=O) groups excluding carboxylic acids is 2. The number of carbonyl (C=O) groups is 2. The van der Waals surface area contributed by atoms with E-state index in [0.29, 0.717) is 32.4 Å². The molecule has 0 aromatic heterocycles. The first kappa shape index (κ1) is 27.1. The molecule has 174 valence electrons. The second kappa shape index (κ2) is 13.6. The summed E-state index contributed by atoms with van der Waals surface area (Å²) in [6.45, 7) is 4.58. The molecule has 1 atom stereocenters. The predicted octanol–water partition coefficient (Wildman–Crippen LogP) is 6.87. The van der Waals surface area contributed by atoms with Crippen LogP contribution >= 0.6 is 58.2 Å². The summed E-state index contributed by atoms with van der Waals surface area (Å²) >= 11 is 25.8. The quantitative estimate of drug-likeness (QED) is 0.319. The highest BCUT2D eigenvalue weighted by atomic mass is 35.5. The summed E-state index contributed by atoms with van der Waals surface area (Å²) in [4.78, 5) is 27.3. The van der Waals surface area contributed by atoms with E-state index >= 15 is 0 Å². The van der Waals surface area contributed by atoms with E-state index < -0.39 is 6.04 Å². The average Bonchev–Trinajstić information content (AvgIpc) is 2.75. The van der Waals surface area contributed by atoms with Gasteiger partial charge in [-0.3, -0.25) is 9.59 Å². The van der Waals surface area contributed by atoms with Gasteiger partial charge in [-0.05, 0) is 48.7 Å². The van der Waals surface area contributed by atoms with Gasteiger partial charge in [0.05, 0.1) is 15.8 Å². The molecule has 0 aliphatic heterocycles. The summed E-state index contributed by atoms with van der Waals surface area (Å²) in [6.07, 6.45) is 1.86. The minimum Gasteiger partial charge on any atom is -0.354 e. The Balaban J connectivity index is 2.09. The molecular formula is C23H26Cl4N2O2S. The van der Waals surface area contributed by atoms with Crippen LogP contribution in [0, 0.1) is 0 Å². The Hall–Kier alpha value is -1.11. The fourth-order valence-electron chi connectivity index (χ4n) is 2.92. The molecule has 0 spiro atoms. The van der Waals surface area contributed by atoms with Crippen molar-refractivity contribution in [1.29, 1.82) is 0 Å². The van der Waals surface area contributed by atoms with Crippen LogP contribution in [-0.2, 0) is 21.9 Å². The van der Waals surface area contributed by atoms with Crippen molar-refractivity contribution in [3.05, 3.63) is 67.6 Å². The van der Waals surface area contributed by atoms with Crippen LogP contribution in [-0.4, -0.2) is 35.1 Å². The predicted molar refractivity (Wildman–Crippen MR) is 137 cm³/mol. The van der Waals surface area contributed by atoms with Crippen LogP contribution in [0.25, 0.3) is 0 Å². The van der Waals surface area contributed by atoms with Gasteiger partial charge in [0, 0.05) is 28.9 Å². The second-order valence-corrected chi connectivity index (χ2v) is 9.96. The molecule has 0 heterocycles. The molecular weight excluding hydrogens is 510 g/mol. The maximum absolute atomic E-state index is 13.1. The number of hydrogen-bond donors (Lipinski definition) is 1. The minimum atomic E-state index is -0.642. The molecule has 2 aromatic rings. The molecule has 0 saturated heterocycles. The van der Waals surface area contributed by atoms with Crippen molar-refractivity contribution in [2.45, 2.75) is 45.0 Å². The van der Waals surface area contributed by atoms with E-state index in [2.05, 4.69) is 12.2 Å². The van der Waals surface area contributed by atoms with Crippen LogP contribution < -0.4 is 5.32 Å². The van der Waals surface area contributed by atoms with Crippen LogP contribution in [0.5, 0.6) is 0 Å². The number of hydrogen-bond acceptors (Lipinski definition) is 3. The van der Waals surface area contributed by atoms with E-state index in [1.165, 1.54) is 11.8 Å². The standard InChI is InChI=1S/C23H26Cl4N2O2S/c1-3-4-9-28-23(31)15(2)29(12-17-6-7-18(24)11-20(17)26)22(30)14-32-13-16-5-8-19(25)21(27)10-16/h5-8,10-11,15H,3-4,9,12-14H2,1-2H3,(H,28,31). The largest absolute Gasteiger partial charge is 0.354 e. The highest BCUT2D eigenvalue weighted by Crippen LogP contribution is 2.26. The molecule has 0 saturated carbocycles. The summed E-state index contributed by atoms with van der Waals surface area (Å²) in [6, 6.07) is 9.88. The minimum absolute atomic E-state index is 0.154. The fraction of sp³-hybridized carbons (Fsp3) is 0.391. The van der Waals surface area contributed by atoms with E-state index in [4.69, 9.17) is 46.4 Å². The molecule has 2 aromatic carbocycles. The third-order valence-corrected chi connectivity index (χ3v) is 7.15. The van der Waals surface area contributed by atoms with E-state index in [1.54, 1.807) is 42.2 Å². The highest BCUT2D eigenvalue weighted by molar-refractivity contribution is 7.99. The molecule has 2 rings (SSSR count). The third kappa shape index (κ3) is 8.35. The number of nitrogens with one attached hydrogen (secondary N) is 1.